The number of benzene rings is 2. The number of imidazole rings is 1. The highest BCUT2D eigenvalue weighted by atomic mass is 16.5. The quantitative estimate of drug-likeness (QED) is 0.160. The fraction of sp³-hybridized carbons (Fsp3) is 0.154. The molecule has 3 aromatic rings. The van der Waals surface area contributed by atoms with Crippen LogP contribution in [-0.2, 0) is 16.1 Å². The van der Waals surface area contributed by atoms with Crippen LogP contribution in [0, 0.1) is 0 Å². The van der Waals surface area contributed by atoms with Crippen LogP contribution in [0.2, 0.25) is 0 Å². The minimum Gasteiger partial charge on any atom is -0.504 e. The van der Waals surface area contributed by atoms with Crippen LogP contribution in [0.15, 0.2) is 90.7 Å². The van der Waals surface area contributed by atoms with Crippen LogP contribution in [0.4, 0.5) is 0 Å². The second-order valence-electron chi connectivity index (χ2n) is 7.07. The zero-order chi connectivity index (χ0) is 22.8. The minimum atomic E-state index is -0.576. The van der Waals surface area contributed by atoms with Crippen molar-refractivity contribution in [2.45, 2.75) is 19.9 Å². The molecule has 0 atom stereocenters. The normalized spacial score (nSPS) is 12.4. The van der Waals surface area contributed by atoms with Crippen molar-refractivity contribution in [1.29, 1.82) is 0 Å². The van der Waals surface area contributed by atoms with Crippen molar-refractivity contribution in [3.8, 4) is 11.4 Å². The Morgan fingerprint density at radius 1 is 1.19 bits per heavy atom. The Labute approximate surface area is 187 Å². The number of allylic oxidation sites excluding steroid dienone is 5. The van der Waals surface area contributed by atoms with Gasteiger partial charge in [0.15, 0.2) is 0 Å². The Balaban J connectivity index is 1.98. The van der Waals surface area contributed by atoms with Crippen LogP contribution < -0.4 is 5.48 Å². The third kappa shape index (κ3) is 5.83. The zero-order valence-corrected chi connectivity index (χ0v) is 18.2. The molecule has 0 spiro atoms. The van der Waals surface area contributed by atoms with E-state index in [-0.39, 0.29) is 0 Å². The van der Waals surface area contributed by atoms with Crippen LogP contribution in [-0.4, -0.2) is 27.8 Å². The molecule has 1 aromatic heterocycles. The number of amides is 1. The molecular formula is C26H27N3O3. The van der Waals surface area contributed by atoms with Gasteiger partial charge in [0.1, 0.15) is 5.82 Å². The van der Waals surface area contributed by atoms with Crippen LogP contribution in [0.25, 0.3) is 28.5 Å². The summed E-state index contributed by atoms with van der Waals surface area (Å²) in [5, 5.41) is 8.69. The van der Waals surface area contributed by atoms with Crippen molar-refractivity contribution < 1.29 is 14.7 Å². The van der Waals surface area contributed by atoms with Gasteiger partial charge in [-0.05, 0) is 54.8 Å². The topological polar surface area (TPSA) is 76.4 Å². The summed E-state index contributed by atoms with van der Waals surface area (Å²) in [5.41, 5.74) is 6.56. The number of fused-ring (bicyclic) bond motifs is 1. The highest BCUT2D eigenvalue weighted by Gasteiger charge is 2.13. The summed E-state index contributed by atoms with van der Waals surface area (Å²) in [7, 11) is 1.63. The summed E-state index contributed by atoms with van der Waals surface area (Å²) in [4.78, 5) is 16.2. The Kier molecular flexibility index (Phi) is 8.17. The lowest BCUT2D eigenvalue weighted by Crippen LogP contribution is -2.14. The molecule has 0 aliphatic carbocycles. The molecule has 1 heterocycles. The molecule has 2 N–H and O–H groups in total. The maximum Gasteiger partial charge on any atom is 0.267 e. The molecule has 2 aromatic carbocycles. The third-order valence-corrected chi connectivity index (χ3v) is 4.87. The van der Waals surface area contributed by atoms with E-state index in [9.17, 15) is 4.79 Å². The van der Waals surface area contributed by atoms with Gasteiger partial charge >= 0.3 is 0 Å². The smallest absolute Gasteiger partial charge is 0.267 e. The van der Waals surface area contributed by atoms with E-state index in [1.807, 2.05) is 67.6 Å². The predicted molar refractivity (Wildman–Crippen MR) is 128 cm³/mol. The largest absolute Gasteiger partial charge is 0.504 e. The standard InChI is InChI=1S/C26H27N3O3/c1-3-8-20(10-7-18-32-2)16-17-29-24-13-5-4-12-23(24)27-26(29)22-11-6-9-21(19-22)14-15-25(30)28-31/h3-15,18-19,31H,16-17H2,1-2H3,(H,28,30)/b8-3-,15-14+,18-7+,20-10+. The Morgan fingerprint density at radius 3 is 2.81 bits per heavy atom. The van der Waals surface area contributed by atoms with Gasteiger partial charge in [-0.25, -0.2) is 10.5 Å². The fourth-order valence-corrected chi connectivity index (χ4v) is 3.43. The molecule has 3 rings (SSSR count). The van der Waals surface area contributed by atoms with E-state index in [1.165, 1.54) is 11.6 Å². The number of ether oxygens (including phenoxy) is 1. The lowest BCUT2D eigenvalue weighted by molar-refractivity contribution is -0.124. The lowest BCUT2D eigenvalue weighted by Gasteiger charge is -2.11. The third-order valence-electron chi connectivity index (χ3n) is 4.87. The monoisotopic (exact) mass is 429 g/mol. The number of carbonyl (C=O) groups is 1. The second-order valence-corrected chi connectivity index (χ2v) is 7.07. The number of methoxy groups -OCH3 is 1. The molecule has 6 nitrogen and oxygen atoms in total. The minimum absolute atomic E-state index is 0.576. The number of hydrogen-bond acceptors (Lipinski definition) is 4. The molecule has 32 heavy (non-hydrogen) atoms. The van der Waals surface area contributed by atoms with E-state index in [0.29, 0.717) is 0 Å². The Hall–Kier alpha value is -3.90. The molecule has 1 amide bonds. The molecule has 0 aliphatic heterocycles. The highest BCUT2D eigenvalue weighted by molar-refractivity contribution is 5.91. The molecule has 0 saturated carbocycles. The van der Waals surface area contributed by atoms with Crippen LogP contribution in [0.3, 0.4) is 0 Å². The van der Waals surface area contributed by atoms with Crippen molar-refractivity contribution in [3.63, 3.8) is 0 Å². The number of rotatable bonds is 9. The molecule has 0 unspecified atom stereocenters. The first-order valence-electron chi connectivity index (χ1n) is 10.3. The van der Waals surface area contributed by atoms with Gasteiger partial charge in [0.2, 0.25) is 0 Å². The van der Waals surface area contributed by atoms with Gasteiger partial charge in [-0.3, -0.25) is 10.0 Å². The molecule has 6 heteroatoms. The van der Waals surface area contributed by atoms with Crippen molar-refractivity contribution >= 4 is 23.0 Å². The second kappa shape index (κ2) is 11.5. The van der Waals surface area contributed by atoms with E-state index < -0.39 is 5.91 Å². The molecule has 0 fully saturated rings. The summed E-state index contributed by atoms with van der Waals surface area (Å²) >= 11 is 0. The van der Waals surface area contributed by atoms with Crippen LogP contribution in [0.1, 0.15) is 18.9 Å². The fourth-order valence-electron chi connectivity index (χ4n) is 3.43. The van der Waals surface area contributed by atoms with E-state index in [0.717, 1.165) is 41.0 Å². The molecule has 0 radical (unpaired) electrons. The van der Waals surface area contributed by atoms with Gasteiger partial charge in [0.05, 0.1) is 24.4 Å². The summed E-state index contributed by atoms with van der Waals surface area (Å²) in [6, 6.07) is 15.9. The first kappa shape index (κ1) is 22.8. The number of hydroxylamine groups is 1. The van der Waals surface area contributed by atoms with Gasteiger partial charge in [0.25, 0.3) is 5.91 Å². The molecule has 0 saturated heterocycles. The number of nitrogens with one attached hydrogen (secondary N) is 1. The lowest BCUT2D eigenvalue weighted by atomic mass is 10.1. The predicted octanol–water partition coefficient (Wildman–Crippen LogP) is 5.27. The zero-order valence-electron chi connectivity index (χ0n) is 18.2. The summed E-state index contributed by atoms with van der Waals surface area (Å²) in [6.07, 6.45) is 13.5. The van der Waals surface area contributed by atoms with Crippen molar-refractivity contribution in [3.05, 3.63) is 96.3 Å². The van der Waals surface area contributed by atoms with Crippen molar-refractivity contribution in [2.24, 2.45) is 0 Å². The van der Waals surface area contributed by atoms with Crippen LogP contribution in [0.5, 0.6) is 0 Å². The van der Waals surface area contributed by atoms with Gasteiger partial charge < -0.3 is 9.30 Å². The number of hydrogen-bond donors (Lipinski definition) is 2. The summed E-state index contributed by atoms with van der Waals surface area (Å²) < 4.78 is 7.22. The number of carbonyl (C=O) groups excluding carboxylic acids is 1. The van der Waals surface area contributed by atoms with E-state index in [1.54, 1.807) is 24.9 Å². The van der Waals surface area contributed by atoms with Gasteiger partial charge in [-0.2, -0.15) is 0 Å². The maximum atomic E-state index is 11.3. The number of para-hydroxylation sites is 2. The van der Waals surface area contributed by atoms with E-state index in [4.69, 9.17) is 14.9 Å². The highest BCUT2D eigenvalue weighted by Crippen LogP contribution is 2.27. The first-order valence-corrected chi connectivity index (χ1v) is 10.3. The van der Waals surface area contributed by atoms with Gasteiger partial charge in [-0.15, -0.1) is 0 Å². The molecule has 0 bridgehead atoms. The van der Waals surface area contributed by atoms with Gasteiger partial charge in [-0.1, -0.05) is 48.6 Å². The summed E-state index contributed by atoms with van der Waals surface area (Å²) in [5.74, 6) is 0.286. The average molecular weight is 430 g/mol. The number of nitrogens with zero attached hydrogens (tertiary/aromatic N) is 2. The molecule has 164 valence electrons. The summed E-state index contributed by atoms with van der Waals surface area (Å²) in [6.45, 7) is 2.75. The molecular weight excluding hydrogens is 402 g/mol. The van der Waals surface area contributed by atoms with Gasteiger partial charge in [0, 0.05) is 18.2 Å². The van der Waals surface area contributed by atoms with Crippen molar-refractivity contribution in [1.82, 2.24) is 15.0 Å². The number of aromatic nitrogens is 2. The van der Waals surface area contributed by atoms with Crippen LogP contribution >= 0.6 is 0 Å². The number of aryl methyl sites for hydroxylation is 1. The van der Waals surface area contributed by atoms with E-state index >= 15 is 0 Å². The van der Waals surface area contributed by atoms with Crippen molar-refractivity contribution in [2.75, 3.05) is 7.11 Å². The maximum absolute atomic E-state index is 11.3. The average Bonchev–Trinajstić information content (AvgIpc) is 3.20. The SMILES string of the molecule is C\C=C/C(=C\C=C\OC)CCn1c(-c2cccc(/C=C/C(=O)NO)c2)nc2ccccc21. The van der Waals surface area contributed by atoms with E-state index in [2.05, 4.69) is 16.7 Å². The Bertz CT molecular complexity index is 1190. The first-order chi connectivity index (χ1) is 15.7. The Morgan fingerprint density at radius 2 is 2.03 bits per heavy atom. The molecule has 0 aliphatic rings.